The van der Waals surface area contributed by atoms with Gasteiger partial charge < -0.3 is 4.42 Å². The van der Waals surface area contributed by atoms with Crippen molar-refractivity contribution in [1.29, 1.82) is 0 Å². The van der Waals surface area contributed by atoms with Crippen LogP contribution in [0.15, 0.2) is 22.8 Å². The molecule has 1 atom stereocenters. The van der Waals surface area contributed by atoms with E-state index in [1.807, 2.05) is 12.1 Å². The van der Waals surface area contributed by atoms with E-state index in [4.69, 9.17) is 4.42 Å². The summed E-state index contributed by atoms with van der Waals surface area (Å²) >= 11 is 0. The maximum absolute atomic E-state index is 11.6. The Kier molecular flexibility index (Phi) is 3.31. The van der Waals surface area contributed by atoms with Gasteiger partial charge in [0.2, 0.25) is 0 Å². The molecular weight excluding hydrogens is 184 g/mol. The molecule has 1 heterocycles. The molecule has 13 heavy (non-hydrogen) atoms. The van der Waals surface area contributed by atoms with Crippen molar-refractivity contribution in [3.63, 3.8) is 0 Å². The molecule has 1 aromatic rings. The van der Waals surface area contributed by atoms with Crippen LogP contribution in [0.4, 0.5) is 0 Å². The summed E-state index contributed by atoms with van der Waals surface area (Å²) in [6.45, 7) is 6.27. The van der Waals surface area contributed by atoms with Crippen molar-refractivity contribution in [2.24, 2.45) is 5.41 Å². The van der Waals surface area contributed by atoms with E-state index >= 15 is 0 Å². The van der Waals surface area contributed by atoms with Crippen LogP contribution in [0.5, 0.6) is 0 Å². The van der Waals surface area contributed by atoms with Crippen LogP contribution in [0.1, 0.15) is 26.5 Å². The number of hydrogen-bond donors (Lipinski definition) is 0. The summed E-state index contributed by atoms with van der Waals surface area (Å²) in [5.74, 6) is 2.06. The Morgan fingerprint density at radius 3 is 2.62 bits per heavy atom. The molecule has 0 aliphatic heterocycles. The third kappa shape index (κ3) is 4.27. The molecule has 1 rings (SSSR count). The van der Waals surface area contributed by atoms with Gasteiger partial charge in [0.15, 0.2) is 0 Å². The smallest absolute Gasteiger partial charge is 0.116 e. The van der Waals surface area contributed by atoms with Crippen LogP contribution in [-0.4, -0.2) is 9.96 Å². The highest BCUT2D eigenvalue weighted by molar-refractivity contribution is 7.84. The van der Waals surface area contributed by atoms with Gasteiger partial charge in [0.05, 0.1) is 12.0 Å². The molecule has 2 nitrogen and oxygen atoms in total. The van der Waals surface area contributed by atoms with E-state index in [9.17, 15) is 4.21 Å². The fourth-order valence-electron chi connectivity index (χ4n) is 1.09. The highest BCUT2D eigenvalue weighted by atomic mass is 32.2. The molecule has 0 N–H and O–H groups in total. The molecule has 0 aliphatic rings. The molecule has 0 spiro atoms. The lowest BCUT2D eigenvalue weighted by atomic mass is 10.0. The van der Waals surface area contributed by atoms with Gasteiger partial charge in [-0.15, -0.1) is 0 Å². The minimum atomic E-state index is -0.813. The van der Waals surface area contributed by atoms with Gasteiger partial charge in [0.1, 0.15) is 5.76 Å². The van der Waals surface area contributed by atoms with E-state index < -0.39 is 10.8 Å². The van der Waals surface area contributed by atoms with Crippen molar-refractivity contribution in [2.75, 3.05) is 5.75 Å². The predicted octanol–water partition coefficient (Wildman–Crippen LogP) is 2.57. The van der Waals surface area contributed by atoms with E-state index in [0.717, 1.165) is 5.76 Å². The van der Waals surface area contributed by atoms with Gasteiger partial charge in [-0.2, -0.15) is 0 Å². The van der Waals surface area contributed by atoms with Crippen molar-refractivity contribution in [2.45, 2.75) is 26.5 Å². The van der Waals surface area contributed by atoms with E-state index in [2.05, 4.69) is 20.8 Å². The summed E-state index contributed by atoms with van der Waals surface area (Å²) in [6.07, 6.45) is 1.61. The maximum Gasteiger partial charge on any atom is 0.116 e. The van der Waals surface area contributed by atoms with Crippen molar-refractivity contribution in [3.05, 3.63) is 24.2 Å². The fraction of sp³-hybridized carbons (Fsp3) is 0.600. The first kappa shape index (κ1) is 10.5. The Morgan fingerprint density at radius 2 is 2.15 bits per heavy atom. The normalized spacial score (nSPS) is 14.4. The van der Waals surface area contributed by atoms with Crippen LogP contribution >= 0.6 is 0 Å². The summed E-state index contributed by atoms with van der Waals surface area (Å²) in [7, 11) is -0.813. The Hall–Kier alpha value is -0.570. The minimum Gasteiger partial charge on any atom is -0.468 e. The minimum absolute atomic E-state index is 0.122. The summed E-state index contributed by atoms with van der Waals surface area (Å²) in [4.78, 5) is 0. The summed E-state index contributed by atoms with van der Waals surface area (Å²) in [6, 6.07) is 3.68. The average molecular weight is 200 g/mol. The highest BCUT2D eigenvalue weighted by Crippen LogP contribution is 2.16. The molecular formula is C10H16O2S. The Morgan fingerprint density at radius 1 is 1.46 bits per heavy atom. The molecule has 0 radical (unpaired) electrons. The zero-order valence-electron chi connectivity index (χ0n) is 8.37. The van der Waals surface area contributed by atoms with Crippen molar-refractivity contribution in [1.82, 2.24) is 0 Å². The monoisotopic (exact) mass is 200 g/mol. The molecule has 1 unspecified atom stereocenters. The molecule has 0 amide bonds. The van der Waals surface area contributed by atoms with Crippen molar-refractivity contribution in [3.8, 4) is 0 Å². The quantitative estimate of drug-likeness (QED) is 0.750. The van der Waals surface area contributed by atoms with Crippen molar-refractivity contribution >= 4 is 10.8 Å². The predicted molar refractivity (Wildman–Crippen MR) is 54.9 cm³/mol. The second kappa shape index (κ2) is 4.09. The second-order valence-electron chi connectivity index (χ2n) is 4.37. The van der Waals surface area contributed by atoms with Gasteiger partial charge in [-0.1, -0.05) is 20.8 Å². The number of rotatable bonds is 3. The SMILES string of the molecule is CC(C)(C)CS(=O)Cc1ccco1. The van der Waals surface area contributed by atoms with Crippen LogP contribution in [0.2, 0.25) is 0 Å². The van der Waals surface area contributed by atoms with Crippen molar-refractivity contribution < 1.29 is 8.63 Å². The Balaban J connectivity index is 2.43. The third-order valence-corrected chi connectivity index (χ3v) is 3.27. The standard InChI is InChI=1S/C10H16O2S/c1-10(2,3)8-13(11)7-9-5-4-6-12-9/h4-6H,7-8H2,1-3H3. The molecule has 0 saturated heterocycles. The number of furan rings is 1. The first-order valence-electron chi connectivity index (χ1n) is 4.35. The Bertz CT molecular complexity index is 270. The lowest BCUT2D eigenvalue weighted by Crippen LogP contribution is -2.17. The van der Waals surface area contributed by atoms with Gasteiger partial charge in [0.25, 0.3) is 0 Å². The lowest BCUT2D eigenvalue weighted by molar-refractivity contribution is 0.472. The molecule has 1 aromatic heterocycles. The molecule has 0 bridgehead atoms. The van der Waals surface area contributed by atoms with Crippen LogP contribution in [0.25, 0.3) is 0 Å². The molecule has 0 fully saturated rings. The van der Waals surface area contributed by atoms with Gasteiger partial charge >= 0.3 is 0 Å². The second-order valence-corrected chi connectivity index (χ2v) is 5.83. The molecule has 3 heteroatoms. The molecule has 0 aliphatic carbocycles. The maximum atomic E-state index is 11.6. The van der Waals surface area contributed by atoms with Gasteiger partial charge in [-0.3, -0.25) is 4.21 Å². The molecule has 0 aromatic carbocycles. The van der Waals surface area contributed by atoms with Gasteiger partial charge in [-0.25, -0.2) is 0 Å². The van der Waals surface area contributed by atoms with Crippen LogP contribution in [0, 0.1) is 5.41 Å². The van der Waals surface area contributed by atoms with E-state index in [1.54, 1.807) is 6.26 Å². The molecule has 74 valence electrons. The van der Waals surface area contributed by atoms with Gasteiger partial charge in [0, 0.05) is 16.6 Å². The van der Waals surface area contributed by atoms with Crippen LogP contribution in [-0.2, 0) is 16.6 Å². The van der Waals surface area contributed by atoms with E-state index in [0.29, 0.717) is 11.5 Å². The molecule has 0 saturated carbocycles. The number of hydrogen-bond acceptors (Lipinski definition) is 2. The Labute approximate surface area is 81.8 Å². The zero-order chi connectivity index (χ0) is 9.90. The summed E-state index contributed by atoms with van der Waals surface area (Å²) in [5.41, 5.74) is 0.122. The average Bonchev–Trinajstić information content (AvgIpc) is 2.34. The highest BCUT2D eigenvalue weighted by Gasteiger charge is 2.15. The van der Waals surface area contributed by atoms with E-state index in [-0.39, 0.29) is 5.41 Å². The first-order valence-corrected chi connectivity index (χ1v) is 5.83. The topological polar surface area (TPSA) is 30.2 Å². The van der Waals surface area contributed by atoms with E-state index in [1.165, 1.54) is 0 Å². The van der Waals surface area contributed by atoms with Crippen LogP contribution in [0.3, 0.4) is 0 Å². The summed E-state index contributed by atoms with van der Waals surface area (Å²) in [5, 5.41) is 0. The van der Waals surface area contributed by atoms with Gasteiger partial charge in [-0.05, 0) is 17.5 Å². The van der Waals surface area contributed by atoms with Crippen LogP contribution < -0.4 is 0 Å². The fourth-order valence-corrected chi connectivity index (χ4v) is 2.64. The largest absolute Gasteiger partial charge is 0.468 e. The lowest BCUT2D eigenvalue weighted by Gasteiger charge is -2.16. The summed E-state index contributed by atoms with van der Waals surface area (Å²) < 4.78 is 16.7. The first-order chi connectivity index (χ1) is 5.97. The zero-order valence-corrected chi connectivity index (χ0v) is 9.19. The third-order valence-electron chi connectivity index (χ3n) is 1.48.